The maximum Gasteiger partial charge on any atom is 0.243 e. The molecule has 2 aliphatic rings. The second-order valence-electron chi connectivity index (χ2n) is 6.05. The van der Waals surface area contributed by atoms with Gasteiger partial charge in [-0.3, -0.25) is 4.79 Å². The van der Waals surface area contributed by atoms with Crippen LogP contribution in [0.25, 0.3) is 0 Å². The lowest BCUT2D eigenvalue weighted by Gasteiger charge is -2.46. The summed E-state index contributed by atoms with van der Waals surface area (Å²) in [6.45, 7) is 4.59. The van der Waals surface area contributed by atoms with Crippen LogP contribution in [0.15, 0.2) is 0 Å². The number of amides is 1. The molecule has 0 spiro atoms. The molecule has 0 aromatic rings. The lowest BCUT2D eigenvalue weighted by Crippen LogP contribution is -2.53. The van der Waals surface area contributed by atoms with Crippen LogP contribution in [0.4, 0.5) is 0 Å². The number of hydrogen-bond acceptors (Lipinski definition) is 2. The van der Waals surface area contributed by atoms with Gasteiger partial charge in [-0.2, -0.15) is 5.26 Å². The first-order chi connectivity index (χ1) is 8.62. The molecule has 2 rings (SSSR count). The first kappa shape index (κ1) is 13.4. The lowest BCUT2D eigenvalue weighted by molar-refractivity contribution is -0.145. The molecule has 1 aliphatic carbocycles. The summed E-state index contributed by atoms with van der Waals surface area (Å²) < 4.78 is 0. The van der Waals surface area contributed by atoms with Gasteiger partial charge in [0.25, 0.3) is 0 Å². The summed E-state index contributed by atoms with van der Waals surface area (Å²) in [5.41, 5.74) is -0.820. The van der Waals surface area contributed by atoms with Crippen molar-refractivity contribution in [2.45, 2.75) is 64.8 Å². The van der Waals surface area contributed by atoms with Crippen LogP contribution in [0.3, 0.4) is 0 Å². The first-order valence-electron chi connectivity index (χ1n) is 7.34. The molecule has 0 radical (unpaired) electrons. The van der Waals surface area contributed by atoms with Crippen molar-refractivity contribution >= 4 is 5.91 Å². The van der Waals surface area contributed by atoms with Gasteiger partial charge in [0.15, 0.2) is 0 Å². The molecule has 3 atom stereocenters. The monoisotopic (exact) mass is 248 g/mol. The lowest BCUT2D eigenvalue weighted by atomic mass is 9.76. The number of piperidine rings is 1. The largest absolute Gasteiger partial charge is 0.338 e. The molecule has 0 bridgehead atoms. The summed E-state index contributed by atoms with van der Waals surface area (Å²) in [6, 6.07) is 2.65. The highest BCUT2D eigenvalue weighted by Gasteiger charge is 2.42. The number of likely N-dealkylation sites (tertiary alicyclic amines) is 1. The van der Waals surface area contributed by atoms with Crippen LogP contribution in [-0.2, 0) is 4.79 Å². The minimum Gasteiger partial charge on any atom is -0.338 e. The topological polar surface area (TPSA) is 44.1 Å². The Morgan fingerprint density at radius 2 is 2.00 bits per heavy atom. The van der Waals surface area contributed by atoms with Crippen molar-refractivity contribution in [3.63, 3.8) is 0 Å². The molecule has 3 heteroatoms. The zero-order valence-corrected chi connectivity index (χ0v) is 11.6. The van der Waals surface area contributed by atoms with Crippen LogP contribution in [0, 0.1) is 22.7 Å². The van der Waals surface area contributed by atoms with E-state index in [1.807, 2.05) is 11.8 Å². The number of nitriles is 1. The molecule has 2 fully saturated rings. The van der Waals surface area contributed by atoms with E-state index in [-0.39, 0.29) is 5.91 Å². The van der Waals surface area contributed by atoms with Gasteiger partial charge in [-0.15, -0.1) is 0 Å². The molecule has 1 amide bonds. The summed E-state index contributed by atoms with van der Waals surface area (Å²) in [5, 5.41) is 9.28. The highest BCUT2D eigenvalue weighted by Crippen LogP contribution is 2.37. The zero-order chi connectivity index (χ0) is 13.2. The van der Waals surface area contributed by atoms with Crippen LogP contribution in [0.2, 0.25) is 0 Å². The summed E-state index contributed by atoms with van der Waals surface area (Å²) >= 11 is 0. The number of fused-ring (bicyclic) bond motifs is 1. The number of rotatable bonds is 2. The second kappa shape index (κ2) is 5.30. The van der Waals surface area contributed by atoms with Gasteiger partial charge in [0, 0.05) is 12.6 Å². The molecule has 0 aromatic heterocycles. The van der Waals surface area contributed by atoms with Crippen molar-refractivity contribution in [2.24, 2.45) is 11.3 Å². The molecule has 1 saturated heterocycles. The minimum absolute atomic E-state index is 0.0732. The van der Waals surface area contributed by atoms with Gasteiger partial charge >= 0.3 is 0 Å². The molecule has 3 nitrogen and oxygen atoms in total. The Bertz CT molecular complexity index is 358. The van der Waals surface area contributed by atoms with E-state index in [0.717, 1.165) is 19.4 Å². The Morgan fingerprint density at radius 1 is 1.33 bits per heavy atom. The van der Waals surface area contributed by atoms with E-state index < -0.39 is 5.41 Å². The molecular formula is C15H24N2O. The normalized spacial score (nSPS) is 31.1. The Labute approximate surface area is 110 Å². The maximum atomic E-state index is 12.6. The van der Waals surface area contributed by atoms with E-state index in [4.69, 9.17) is 0 Å². The molecular weight excluding hydrogens is 224 g/mol. The van der Waals surface area contributed by atoms with Crippen molar-refractivity contribution in [3.05, 3.63) is 0 Å². The average Bonchev–Trinajstić information content (AvgIpc) is 2.45. The standard InChI is InChI=1S/C15H24N2O/c1-3-15(2,11-16)14(18)17-10-6-8-12-7-4-5-9-13(12)17/h12-13H,3-10H2,1-2H3. The van der Waals surface area contributed by atoms with E-state index in [0.29, 0.717) is 18.4 Å². The first-order valence-corrected chi connectivity index (χ1v) is 7.34. The fraction of sp³-hybridized carbons (Fsp3) is 0.867. The fourth-order valence-corrected chi connectivity index (χ4v) is 3.47. The Hall–Kier alpha value is -1.04. The quantitative estimate of drug-likeness (QED) is 0.753. The van der Waals surface area contributed by atoms with Crippen molar-refractivity contribution in [2.75, 3.05) is 6.54 Å². The molecule has 18 heavy (non-hydrogen) atoms. The third kappa shape index (κ3) is 2.25. The number of nitrogens with zero attached hydrogens (tertiary/aromatic N) is 2. The predicted octanol–water partition coefficient (Wildman–Crippen LogP) is 3.11. The Kier molecular flexibility index (Phi) is 3.94. The van der Waals surface area contributed by atoms with Crippen molar-refractivity contribution in [1.82, 2.24) is 4.90 Å². The van der Waals surface area contributed by atoms with Crippen molar-refractivity contribution in [1.29, 1.82) is 5.26 Å². The van der Waals surface area contributed by atoms with Crippen molar-refractivity contribution < 1.29 is 4.79 Å². The summed E-state index contributed by atoms with van der Waals surface area (Å²) in [4.78, 5) is 14.7. The van der Waals surface area contributed by atoms with Gasteiger partial charge in [-0.1, -0.05) is 19.8 Å². The van der Waals surface area contributed by atoms with Crippen LogP contribution < -0.4 is 0 Å². The predicted molar refractivity (Wildman–Crippen MR) is 70.7 cm³/mol. The van der Waals surface area contributed by atoms with E-state index in [1.165, 1.54) is 25.7 Å². The number of carbonyl (C=O) groups is 1. The van der Waals surface area contributed by atoms with Gasteiger partial charge in [0.2, 0.25) is 5.91 Å². The molecule has 0 aromatic carbocycles. The van der Waals surface area contributed by atoms with Crippen LogP contribution >= 0.6 is 0 Å². The second-order valence-corrected chi connectivity index (χ2v) is 6.05. The summed E-state index contributed by atoms with van der Waals surface area (Å²) in [6.07, 6.45) is 7.94. The van der Waals surface area contributed by atoms with E-state index in [2.05, 4.69) is 6.07 Å². The maximum absolute atomic E-state index is 12.6. The molecule has 100 valence electrons. The average molecular weight is 248 g/mol. The molecule has 0 N–H and O–H groups in total. The van der Waals surface area contributed by atoms with E-state index in [1.54, 1.807) is 6.92 Å². The SMILES string of the molecule is CCC(C)(C#N)C(=O)N1CCCC2CCCCC21. The number of carbonyl (C=O) groups excluding carboxylic acids is 1. The Balaban J connectivity index is 2.16. The third-order valence-electron chi connectivity index (χ3n) is 4.93. The Morgan fingerprint density at radius 3 is 2.67 bits per heavy atom. The summed E-state index contributed by atoms with van der Waals surface area (Å²) in [5.74, 6) is 0.764. The number of hydrogen-bond donors (Lipinski definition) is 0. The smallest absolute Gasteiger partial charge is 0.243 e. The van der Waals surface area contributed by atoms with Gasteiger partial charge in [0.05, 0.1) is 6.07 Å². The molecule has 1 heterocycles. The molecule has 1 aliphatic heterocycles. The van der Waals surface area contributed by atoms with Crippen molar-refractivity contribution in [3.8, 4) is 6.07 Å². The highest BCUT2D eigenvalue weighted by molar-refractivity contribution is 5.85. The van der Waals surface area contributed by atoms with Gasteiger partial charge in [0.1, 0.15) is 5.41 Å². The highest BCUT2D eigenvalue weighted by atomic mass is 16.2. The van der Waals surface area contributed by atoms with Gasteiger partial charge in [-0.05, 0) is 44.9 Å². The fourth-order valence-electron chi connectivity index (χ4n) is 3.47. The van der Waals surface area contributed by atoms with E-state index in [9.17, 15) is 10.1 Å². The zero-order valence-electron chi connectivity index (χ0n) is 11.6. The van der Waals surface area contributed by atoms with Crippen LogP contribution in [0.5, 0.6) is 0 Å². The van der Waals surface area contributed by atoms with Gasteiger partial charge in [-0.25, -0.2) is 0 Å². The minimum atomic E-state index is -0.820. The van der Waals surface area contributed by atoms with E-state index >= 15 is 0 Å². The van der Waals surface area contributed by atoms with Gasteiger partial charge < -0.3 is 4.90 Å². The third-order valence-corrected chi connectivity index (χ3v) is 4.93. The summed E-state index contributed by atoms with van der Waals surface area (Å²) in [7, 11) is 0. The molecule has 3 unspecified atom stereocenters. The van der Waals surface area contributed by atoms with Crippen LogP contribution in [-0.4, -0.2) is 23.4 Å². The van der Waals surface area contributed by atoms with Crippen LogP contribution in [0.1, 0.15) is 58.8 Å². The molecule has 1 saturated carbocycles.